The zero-order chi connectivity index (χ0) is 14.8. The third-order valence-corrected chi connectivity index (χ3v) is 5.02. The van der Waals surface area contributed by atoms with Gasteiger partial charge in [0.25, 0.3) is 0 Å². The summed E-state index contributed by atoms with van der Waals surface area (Å²) >= 11 is 0. The van der Waals surface area contributed by atoms with Gasteiger partial charge in [0, 0.05) is 32.2 Å². The van der Waals surface area contributed by atoms with Gasteiger partial charge in [0.05, 0.1) is 6.54 Å². The molecule has 1 saturated heterocycles. The van der Waals surface area contributed by atoms with Gasteiger partial charge in [0.15, 0.2) is 5.82 Å². The number of rotatable bonds is 3. The first-order valence-corrected chi connectivity index (χ1v) is 8.17. The number of hydrogen-bond donors (Lipinski definition) is 0. The monoisotopic (exact) mass is 298 g/mol. The first-order chi connectivity index (χ1) is 10.9. The Kier molecular flexibility index (Phi) is 3.91. The van der Waals surface area contributed by atoms with Crippen molar-refractivity contribution in [1.29, 1.82) is 0 Å². The average molecular weight is 298 g/mol. The van der Waals surface area contributed by atoms with Crippen LogP contribution in [0.5, 0.6) is 0 Å². The van der Waals surface area contributed by atoms with E-state index in [1.807, 2.05) is 0 Å². The molecule has 0 spiro atoms. The summed E-state index contributed by atoms with van der Waals surface area (Å²) in [5.41, 5.74) is 3.10. The number of nitrogens with zero attached hydrogens (tertiary/aromatic N) is 4. The maximum atomic E-state index is 4.81. The molecular weight excluding hydrogens is 276 g/mol. The van der Waals surface area contributed by atoms with E-state index < -0.39 is 0 Å². The number of fused-ring (bicyclic) bond motifs is 1. The summed E-state index contributed by atoms with van der Waals surface area (Å²) < 4.78 is 4.81. The highest BCUT2D eigenvalue weighted by Gasteiger charge is 2.27. The SMILES string of the molecule is c1ccc2c(c1)CC[C@H](N1CCN(Cc3ncon3)CC1)C2. The lowest BCUT2D eigenvalue weighted by Crippen LogP contribution is -2.51. The summed E-state index contributed by atoms with van der Waals surface area (Å²) in [7, 11) is 0. The Morgan fingerprint density at radius 3 is 2.68 bits per heavy atom. The van der Waals surface area contributed by atoms with Crippen molar-refractivity contribution >= 4 is 0 Å². The van der Waals surface area contributed by atoms with E-state index in [2.05, 4.69) is 44.2 Å². The predicted molar refractivity (Wildman–Crippen MR) is 83.4 cm³/mol. The molecule has 0 radical (unpaired) electrons. The molecule has 0 unspecified atom stereocenters. The number of benzene rings is 1. The van der Waals surface area contributed by atoms with Crippen LogP contribution in [0.4, 0.5) is 0 Å². The van der Waals surface area contributed by atoms with Crippen LogP contribution in [0, 0.1) is 0 Å². The molecule has 5 heteroatoms. The zero-order valence-corrected chi connectivity index (χ0v) is 12.8. The van der Waals surface area contributed by atoms with E-state index in [0.29, 0.717) is 6.04 Å². The molecule has 1 aromatic carbocycles. The zero-order valence-electron chi connectivity index (χ0n) is 12.8. The molecule has 1 aliphatic heterocycles. The summed E-state index contributed by atoms with van der Waals surface area (Å²) in [6.45, 7) is 5.27. The van der Waals surface area contributed by atoms with E-state index in [0.717, 1.165) is 38.5 Å². The first-order valence-electron chi connectivity index (χ1n) is 8.17. The van der Waals surface area contributed by atoms with Gasteiger partial charge in [0.2, 0.25) is 6.39 Å². The minimum Gasteiger partial charge on any atom is -0.343 e. The molecular formula is C17H22N4O. The lowest BCUT2D eigenvalue weighted by atomic mass is 9.87. The molecule has 1 aliphatic carbocycles. The van der Waals surface area contributed by atoms with Crippen molar-refractivity contribution in [3.05, 3.63) is 47.6 Å². The molecule has 5 nitrogen and oxygen atoms in total. The van der Waals surface area contributed by atoms with Crippen molar-refractivity contribution in [1.82, 2.24) is 19.9 Å². The summed E-state index contributed by atoms with van der Waals surface area (Å²) in [5, 5.41) is 3.90. The lowest BCUT2D eigenvalue weighted by Gasteiger charge is -2.40. The average Bonchev–Trinajstić information content (AvgIpc) is 3.08. The molecule has 2 aliphatic rings. The standard InChI is InChI=1S/C17H22N4O/c1-2-4-15-11-16(6-5-14(15)3-1)21-9-7-20(8-10-21)12-17-18-13-22-19-17/h1-4,13,16H,5-12H2/t16-/m0/s1. The van der Waals surface area contributed by atoms with E-state index in [-0.39, 0.29) is 0 Å². The second-order valence-corrected chi connectivity index (χ2v) is 6.32. The minimum atomic E-state index is 0.710. The molecule has 1 atom stereocenters. The maximum absolute atomic E-state index is 4.81. The van der Waals surface area contributed by atoms with Gasteiger partial charge in [-0.25, -0.2) is 0 Å². The Bertz CT molecular complexity index is 605. The number of hydrogen-bond acceptors (Lipinski definition) is 5. The van der Waals surface area contributed by atoms with Crippen LogP contribution in [-0.2, 0) is 19.4 Å². The molecule has 2 heterocycles. The van der Waals surface area contributed by atoms with E-state index in [9.17, 15) is 0 Å². The van der Waals surface area contributed by atoms with Crippen LogP contribution in [0.3, 0.4) is 0 Å². The fourth-order valence-electron chi connectivity index (χ4n) is 3.74. The van der Waals surface area contributed by atoms with Crippen LogP contribution in [-0.4, -0.2) is 52.2 Å². The quantitative estimate of drug-likeness (QED) is 0.864. The van der Waals surface area contributed by atoms with Crippen LogP contribution in [0.2, 0.25) is 0 Å². The molecule has 0 N–H and O–H groups in total. The smallest absolute Gasteiger partial charge is 0.213 e. The normalized spacial score (nSPS) is 23.4. The Morgan fingerprint density at radius 2 is 1.91 bits per heavy atom. The summed E-state index contributed by atoms with van der Waals surface area (Å²) in [4.78, 5) is 9.20. The summed E-state index contributed by atoms with van der Waals surface area (Å²) in [6.07, 6.45) is 5.14. The van der Waals surface area contributed by atoms with Gasteiger partial charge in [-0.05, 0) is 30.4 Å². The summed E-state index contributed by atoms with van der Waals surface area (Å²) in [6, 6.07) is 9.63. The molecule has 22 heavy (non-hydrogen) atoms. The van der Waals surface area contributed by atoms with E-state index in [1.54, 1.807) is 11.1 Å². The van der Waals surface area contributed by atoms with Gasteiger partial charge >= 0.3 is 0 Å². The van der Waals surface area contributed by atoms with Gasteiger partial charge in [-0.3, -0.25) is 9.80 Å². The van der Waals surface area contributed by atoms with E-state index in [4.69, 9.17) is 4.52 Å². The lowest BCUT2D eigenvalue weighted by molar-refractivity contribution is 0.0838. The molecule has 0 saturated carbocycles. The highest BCUT2D eigenvalue weighted by atomic mass is 16.5. The van der Waals surface area contributed by atoms with Crippen LogP contribution in [0.25, 0.3) is 0 Å². The van der Waals surface area contributed by atoms with Crippen LogP contribution in [0.1, 0.15) is 23.4 Å². The fraction of sp³-hybridized carbons (Fsp3) is 0.529. The molecule has 116 valence electrons. The van der Waals surface area contributed by atoms with Crippen molar-refractivity contribution in [2.45, 2.75) is 31.8 Å². The van der Waals surface area contributed by atoms with Crippen LogP contribution < -0.4 is 0 Å². The van der Waals surface area contributed by atoms with Crippen molar-refractivity contribution in [3.63, 3.8) is 0 Å². The van der Waals surface area contributed by atoms with Crippen molar-refractivity contribution in [3.8, 4) is 0 Å². The molecule has 2 aromatic rings. The minimum absolute atomic E-state index is 0.710. The van der Waals surface area contributed by atoms with Crippen molar-refractivity contribution < 1.29 is 4.52 Å². The van der Waals surface area contributed by atoms with Gasteiger partial charge in [-0.2, -0.15) is 4.98 Å². The molecule has 1 aromatic heterocycles. The van der Waals surface area contributed by atoms with Gasteiger partial charge in [0.1, 0.15) is 0 Å². The number of aryl methyl sites for hydroxylation is 1. The third kappa shape index (κ3) is 2.91. The highest BCUT2D eigenvalue weighted by Crippen LogP contribution is 2.25. The molecule has 0 amide bonds. The number of aromatic nitrogens is 2. The van der Waals surface area contributed by atoms with E-state index in [1.165, 1.54) is 25.7 Å². The summed E-state index contributed by atoms with van der Waals surface area (Å²) in [5.74, 6) is 0.792. The molecule has 0 bridgehead atoms. The van der Waals surface area contributed by atoms with Gasteiger partial charge in [-0.15, -0.1) is 0 Å². The maximum Gasteiger partial charge on any atom is 0.213 e. The molecule has 4 rings (SSSR count). The highest BCUT2D eigenvalue weighted by molar-refractivity contribution is 5.30. The Hall–Kier alpha value is -1.72. The Balaban J connectivity index is 1.32. The third-order valence-electron chi connectivity index (χ3n) is 5.02. The predicted octanol–water partition coefficient (Wildman–Crippen LogP) is 1.74. The topological polar surface area (TPSA) is 45.4 Å². The van der Waals surface area contributed by atoms with Crippen LogP contribution in [0.15, 0.2) is 35.2 Å². The first kappa shape index (κ1) is 13.9. The largest absolute Gasteiger partial charge is 0.343 e. The van der Waals surface area contributed by atoms with Crippen LogP contribution >= 0.6 is 0 Å². The number of piperazine rings is 1. The van der Waals surface area contributed by atoms with Gasteiger partial charge < -0.3 is 4.52 Å². The second-order valence-electron chi connectivity index (χ2n) is 6.32. The van der Waals surface area contributed by atoms with Crippen molar-refractivity contribution in [2.24, 2.45) is 0 Å². The Morgan fingerprint density at radius 1 is 1.09 bits per heavy atom. The van der Waals surface area contributed by atoms with Crippen molar-refractivity contribution in [2.75, 3.05) is 26.2 Å². The van der Waals surface area contributed by atoms with E-state index >= 15 is 0 Å². The van der Waals surface area contributed by atoms with Gasteiger partial charge in [-0.1, -0.05) is 29.4 Å². The fourth-order valence-corrected chi connectivity index (χ4v) is 3.74. The Labute approximate surface area is 130 Å². The molecule has 1 fully saturated rings. The second kappa shape index (κ2) is 6.18.